The lowest BCUT2D eigenvalue weighted by Crippen LogP contribution is -2.11. The second kappa shape index (κ2) is 5.34. The van der Waals surface area contributed by atoms with Gasteiger partial charge in [0, 0.05) is 0 Å². The zero-order valence-corrected chi connectivity index (χ0v) is 11.3. The number of aromatic nitrogens is 2. The lowest BCUT2D eigenvalue weighted by Gasteiger charge is -2.11. The van der Waals surface area contributed by atoms with Gasteiger partial charge in [0.05, 0.1) is 10.9 Å². The van der Waals surface area contributed by atoms with Gasteiger partial charge >= 0.3 is 0 Å². The highest BCUT2D eigenvalue weighted by atomic mass is 19.1. The summed E-state index contributed by atoms with van der Waals surface area (Å²) in [6.07, 6.45) is 0. The number of fused-ring (bicyclic) bond motifs is 1. The number of hydrogen-bond donors (Lipinski definition) is 2. The molecule has 0 bridgehead atoms. The molecular weight excluding hydrogens is 271 g/mol. The Morgan fingerprint density at radius 3 is 2.71 bits per heavy atom. The van der Waals surface area contributed by atoms with Crippen molar-refractivity contribution in [3.8, 4) is 11.6 Å². The van der Waals surface area contributed by atoms with Crippen LogP contribution >= 0.6 is 0 Å². The Kier molecular flexibility index (Phi) is 3.37. The maximum atomic E-state index is 13.2. The van der Waals surface area contributed by atoms with Crippen LogP contribution in [0.2, 0.25) is 0 Å². The van der Waals surface area contributed by atoms with Gasteiger partial charge in [-0.3, -0.25) is 5.43 Å². The van der Waals surface area contributed by atoms with Crippen molar-refractivity contribution in [2.75, 3.05) is 5.43 Å². The Morgan fingerprint density at radius 1 is 1.14 bits per heavy atom. The number of nitrogen functional groups attached to an aromatic ring is 1. The van der Waals surface area contributed by atoms with E-state index in [1.807, 2.05) is 24.3 Å². The average Bonchev–Trinajstić information content (AvgIpc) is 2.49. The first-order chi connectivity index (χ1) is 10.2. The third-order valence-corrected chi connectivity index (χ3v) is 3.04. The van der Waals surface area contributed by atoms with Crippen LogP contribution in [0.25, 0.3) is 10.9 Å². The smallest absolute Gasteiger partial charge is 0.241 e. The van der Waals surface area contributed by atoms with Gasteiger partial charge in [-0.05, 0) is 42.8 Å². The predicted octanol–water partition coefficient (Wildman–Crippen LogP) is 3.16. The first-order valence-electron chi connectivity index (χ1n) is 6.35. The van der Waals surface area contributed by atoms with E-state index in [-0.39, 0.29) is 11.8 Å². The molecule has 106 valence electrons. The first-order valence-corrected chi connectivity index (χ1v) is 6.35. The lowest BCUT2D eigenvalue weighted by molar-refractivity contribution is 0.463. The summed E-state index contributed by atoms with van der Waals surface area (Å²) < 4.78 is 19.0. The minimum absolute atomic E-state index is 0.253. The molecule has 21 heavy (non-hydrogen) atoms. The standard InChI is InChI=1S/C15H13FN4O/c1-9-8-10(16)6-7-13(9)21-14-11-4-2-3-5-12(11)18-15(19-14)20-17/h2-8H,17H2,1H3,(H,18,19,20). The van der Waals surface area contributed by atoms with E-state index in [4.69, 9.17) is 10.6 Å². The highest BCUT2D eigenvalue weighted by molar-refractivity contribution is 5.84. The van der Waals surface area contributed by atoms with Gasteiger partial charge in [0.2, 0.25) is 11.8 Å². The van der Waals surface area contributed by atoms with Gasteiger partial charge in [-0.15, -0.1) is 0 Å². The number of para-hydroxylation sites is 1. The van der Waals surface area contributed by atoms with E-state index in [1.54, 1.807) is 13.0 Å². The number of halogens is 1. The van der Waals surface area contributed by atoms with E-state index in [1.165, 1.54) is 12.1 Å². The number of anilines is 1. The summed E-state index contributed by atoms with van der Waals surface area (Å²) in [7, 11) is 0. The lowest BCUT2D eigenvalue weighted by atomic mass is 10.2. The topological polar surface area (TPSA) is 73.1 Å². The summed E-state index contributed by atoms with van der Waals surface area (Å²) in [5.74, 6) is 6.21. The second-order valence-corrected chi connectivity index (χ2v) is 4.53. The van der Waals surface area contributed by atoms with Crippen molar-refractivity contribution in [1.29, 1.82) is 0 Å². The summed E-state index contributed by atoms with van der Waals surface area (Å²) in [6, 6.07) is 11.7. The number of hydrazine groups is 1. The molecule has 0 spiro atoms. The minimum atomic E-state index is -0.309. The van der Waals surface area contributed by atoms with Crippen LogP contribution < -0.4 is 16.0 Å². The van der Waals surface area contributed by atoms with Gasteiger partial charge in [0.1, 0.15) is 11.6 Å². The molecule has 0 fully saturated rings. The van der Waals surface area contributed by atoms with Crippen LogP contribution in [-0.4, -0.2) is 9.97 Å². The van der Waals surface area contributed by atoms with E-state index >= 15 is 0 Å². The minimum Gasteiger partial charge on any atom is -0.438 e. The Hall–Kier alpha value is -2.73. The summed E-state index contributed by atoms with van der Waals surface area (Å²) in [6.45, 7) is 1.77. The molecule has 0 aliphatic heterocycles. The zero-order chi connectivity index (χ0) is 14.8. The fraction of sp³-hybridized carbons (Fsp3) is 0.0667. The van der Waals surface area contributed by atoms with Crippen molar-refractivity contribution < 1.29 is 9.13 Å². The van der Waals surface area contributed by atoms with Crippen molar-refractivity contribution >= 4 is 16.9 Å². The van der Waals surface area contributed by atoms with Gasteiger partial charge in [-0.2, -0.15) is 4.98 Å². The van der Waals surface area contributed by atoms with E-state index in [0.717, 1.165) is 5.39 Å². The maximum Gasteiger partial charge on any atom is 0.241 e. The van der Waals surface area contributed by atoms with Gasteiger partial charge in [0.15, 0.2) is 0 Å². The molecule has 5 nitrogen and oxygen atoms in total. The molecule has 0 saturated heterocycles. The maximum absolute atomic E-state index is 13.2. The molecule has 1 heterocycles. The number of nitrogens with two attached hydrogens (primary N) is 1. The Bertz CT molecular complexity index is 807. The number of benzene rings is 2. The highest BCUT2D eigenvalue weighted by Crippen LogP contribution is 2.30. The van der Waals surface area contributed by atoms with Crippen molar-refractivity contribution in [3.63, 3.8) is 0 Å². The molecular formula is C15H13FN4O. The summed E-state index contributed by atoms with van der Waals surface area (Å²) in [5, 5.41) is 0.750. The quantitative estimate of drug-likeness (QED) is 0.571. The molecule has 2 aromatic carbocycles. The van der Waals surface area contributed by atoms with E-state index in [2.05, 4.69) is 15.4 Å². The van der Waals surface area contributed by atoms with Crippen molar-refractivity contribution in [2.24, 2.45) is 5.84 Å². The molecule has 1 aromatic heterocycles. The van der Waals surface area contributed by atoms with E-state index in [0.29, 0.717) is 22.7 Å². The van der Waals surface area contributed by atoms with Gasteiger partial charge in [0.25, 0.3) is 0 Å². The molecule has 0 atom stereocenters. The monoisotopic (exact) mass is 284 g/mol. The van der Waals surface area contributed by atoms with Crippen LogP contribution in [-0.2, 0) is 0 Å². The van der Waals surface area contributed by atoms with Crippen LogP contribution in [0.4, 0.5) is 10.3 Å². The normalized spacial score (nSPS) is 10.6. The number of rotatable bonds is 3. The Morgan fingerprint density at radius 2 is 1.95 bits per heavy atom. The van der Waals surface area contributed by atoms with E-state index < -0.39 is 0 Å². The molecule has 0 unspecified atom stereocenters. The SMILES string of the molecule is Cc1cc(F)ccc1Oc1nc(NN)nc2ccccc12. The molecule has 0 aliphatic carbocycles. The number of nitrogens with one attached hydrogen (secondary N) is 1. The Balaban J connectivity index is 2.10. The van der Waals surface area contributed by atoms with Crippen LogP contribution in [0.5, 0.6) is 11.6 Å². The highest BCUT2D eigenvalue weighted by Gasteiger charge is 2.10. The molecule has 3 aromatic rings. The Labute approximate surface area is 120 Å². The van der Waals surface area contributed by atoms with Gasteiger partial charge in [-0.25, -0.2) is 15.2 Å². The summed E-state index contributed by atoms with van der Waals surface area (Å²) in [4.78, 5) is 8.46. The molecule has 6 heteroatoms. The first kappa shape index (κ1) is 13.3. The predicted molar refractivity (Wildman–Crippen MR) is 78.6 cm³/mol. The average molecular weight is 284 g/mol. The molecule has 0 radical (unpaired) electrons. The third-order valence-electron chi connectivity index (χ3n) is 3.04. The summed E-state index contributed by atoms with van der Waals surface area (Å²) >= 11 is 0. The number of ether oxygens (including phenoxy) is 1. The van der Waals surface area contributed by atoms with Crippen LogP contribution in [0.1, 0.15) is 5.56 Å². The molecule has 0 aliphatic rings. The largest absolute Gasteiger partial charge is 0.438 e. The fourth-order valence-corrected chi connectivity index (χ4v) is 2.02. The molecule has 3 rings (SSSR count). The third kappa shape index (κ3) is 2.61. The summed E-state index contributed by atoms with van der Waals surface area (Å²) in [5.41, 5.74) is 3.79. The second-order valence-electron chi connectivity index (χ2n) is 4.53. The fourth-order valence-electron chi connectivity index (χ4n) is 2.02. The van der Waals surface area contributed by atoms with Crippen molar-refractivity contribution in [2.45, 2.75) is 6.92 Å². The zero-order valence-electron chi connectivity index (χ0n) is 11.3. The number of nitrogens with zero attached hydrogens (tertiary/aromatic N) is 2. The molecule has 3 N–H and O–H groups in total. The van der Waals surface area contributed by atoms with Crippen molar-refractivity contribution in [1.82, 2.24) is 9.97 Å². The number of hydrogen-bond acceptors (Lipinski definition) is 5. The van der Waals surface area contributed by atoms with E-state index in [9.17, 15) is 4.39 Å². The van der Waals surface area contributed by atoms with Crippen LogP contribution in [0, 0.1) is 12.7 Å². The molecule has 0 amide bonds. The number of aryl methyl sites for hydroxylation is 1. The van der Waals surface area contributed by atoms with Gasteiger partial charge in [-0.1, -0.05) is 12.1 Å². The molecule has 0 saturated carbocycles. The van der Waals surface area contributed by atoms with Crippen LogP contribution in [0.15, 0.2) is 42.5 Å². The van der Waals surface area contributed by atoms with Crippen molar-refractivity contribution in [3.05, 3.63) is 53.8 Å². The van der Waals surface area contributed by atoms with Gasteiger partial charge < -0.3 is 4.74 Å². The van der Waals surface area contributed by atoms with Crippen LogP contribution in [0.3, 0.4) is 0 Å².